The summed E-state index contributed by atoms with van der Waals surface area (Å²) in [5.41, 5.74) is 5.60. The van der Waals surface area contributed by atoms with Gasteiger partial charge in [-0.1, -0.05) is 6.08 Å². The summed E-state index contributed by atoms with van der Waals surface area (Å²) < 4.78 is 4.47. The van der Waals surface area contributed by atoms with Crippen molar-refractivity contribution in [2.24, 2.45) is 5.73 Å². The number of amides is 1. The molecule has 1 rings (SSSR count). The molecule has 2 N–H and O–H groups in total. The molecule has 1 atom stereocenters. The van der Waals surface area contributed by atoms with Gasteiger partial charge >= 0.3 is 5.97 Å². The molecule has 0 aromatic rings. The summed E-state index contributed by atoms with van der Waals surface area (Å²) in [4.78, 5) is 23.8. The molecule has 0 saturated heterocycles. The third-order valence-corrected chi connectivity index (χ3v) is 2.06. The molecule has 14 heavy (non-hydrogen) atoms. The van der Waals surface area contributed by atoms with Gasteiger partial charge < -0.3 is 15.4 Å². The molecule has 1 amide bonds. The fraction of sp³-hybridized carbons (Fsp3) is 0.556. The number of esters is 1. The molecule has 0 bridgehead atoms. The molecule has 1 unspecified atom stereocenters. The SMILES string of the molecule is COC(=O)CN1C=CCCC(N)C1=O. The van der Waals surface area contributed by atoms with Crippen molar-refractivity contribution >= 4 is 11.9 Å². The lowest BCUT2D eigenvalue weighted by Crippen LogP contribution is -2.42. The number of rotatable bonds is 2. The van der Waals surface area contributed by atoms with E-state index in [1.165, 1.54) is 12.0 Å². The molecule has 0 aliphatic carbocycles. The highest BCUT2D eigenvalue weighted by Gasteiger charge is 2.22. The van der Waals surface area contributed by atoms with E-state index in [9.17, 15) is 9.59 Å². The van der Waals surface area contributed by atoms with Gasteiger partial charge in [-0.3, -0.25) is 9.59 Å². The molecule has 5 nitrogen and oxygen atoms in total. The van der Waals surface area contributed by atoms with Crippen molar-refractivity contribution in [3.63, 3.8) is 0 Å². The lowest BCUT2D eigenvalue weighted by Gasteiger charge is -2.18. The van der Waals surface area contributed by atoms with Crippen molar-refractivity contribution in [3.05, 3.63) is 12.3 Å². The van der Waals surface area contributed by atoms with Gasteiger partial charge in [0.1, 0.15) is 6.54 Å². The predicted octanol–water partition coefficient (Wildman–Crippen LogP) is -0.377. The molecule has 0 fully saturated rings. The summed E-state index contributed by atoms with van der Waals surface area (Å²) in [5.74, 6) is -0.679. The molecule has 78 valence electrons. The lowest BCUT2D eigenvalue weighted by atomic mass is 10.2. The van der Waals surface area contributed by atoms with Crippen LogP contribution in [0.5, 0.6) is 0 Å². The second-order valence-electron chi connectivity index (χ2n) is 3.11. The molecule has 1 aliphatic rings. The van der Waals surface area contributed by atoms with Gasteiger partial charge in [-0.25, -0.2) is 0 Å². The van der Waals surface area contributed by atoms with Crippen LogP contribution in [-0.2, 0) is 14.3 Å². The Labute approximate surface area is 82.5 Å². The zero-order valence-electron chi connectivity index (χ0n) is 8.10. The molecule has 0 aromatic carbocycles. The van der Waals surface area contributed by atoms with Crippen LogP contribution in [0.1, 0.15) is 12.8 Å². The molecule has 0 aromatic heterocycles. The Morgan fingerprint density at radius 2 is 2.50 bits per heavy atom. The average molecular weight is 198 g/mol. The number of carbonyl (C=O) groups excluding carboxylic acids is 2. The first-order chi connectivity index (χ1) is 6.65. The number of nitrogens with zero attached hydrogens (tertiary/aromatic N) is 1. The molecule has 1 heterocycles. The highest BCUT2D eigenvalue weighted by atomic mass is 16.5. The van der Waals surface area contributed by atoms with E-state index < -0.39 is 12.0 Å². The topological polar surface area (TPSA) is 72.6 Å². The highest BCUT2D eigenvalue weighted by Crippen LogP contribution is 2.07. The van der Waals surface area contributed by atoms with Crippen LogP contribution >= 0.6 is 0 Å². The Bertz CT molecular complexity index is 263. The maximum atomic E-state index is 11.5. The molecule has 0 radical (unpaired) electrons. The zero-order valence-corrected chi connectivity index (χ0v) is 8.10. The predicted molar refractivity (Wildman–Crippen MR) is 50.1 cm³/mol. The van der Waals surface area contributed by atoms with Crippen LogP contribution in [-0.4, -0.2) is 36.5 Å². The standard InChI is InChI=1S/C9H14N2O3/c1-14-8(12)6-11-5-3-2-4-7(10)9(11)13/h3,5,7H,2,4,6,10H2,1H3. The minimum Gasteiger partial charge on any atom is -0.468 e. The Morgan fingerprint density at radius 1 is 1.79 bits per heavy atom. The van der Waals surface area contributed by atoms with Gasteiger partial charge in [0.15, 0.2) is 0 Å². The number of hydrogen-bond acceptors (Lipinski definition) is 4. The molecular formula is C9H14N2O3. The molecule has 0 spiro atoms. The van der Waals surface area contributed by atoms with Crippen molar-refractivity contribution in [1.82, 2.24) is 4.90 Å². The summed E-state index contributed by atoms with van der Waals surface area (Å²) in [6.07, 6.45) is 4.79. The largest absolute Gasteiger partial charge is 0.468 e. The summed E-state index contributed by atoms with van der Waals surface area (Å²) in [5, 5.41) is 0. The van der Waals surface area contributed by atoms with E-state index in [1.54, 1.807) is 6.20 Å². The van der Waals surface area contributed by atoms with Crippen LogP contribution in [0.15, 0.2) is 12.3 Å². The summed E-state index contributed by atoms with van der Waals surface area (Å²) in [7, 11) is 1.29. The van der Waals surface area contributed by atoms with E-state index in [4.69, 9.17) is 5.73 Å². The normalized spacial score (nSPS) is 22.0. The smallest absolute Gasteiger partial charge is 0.325 e. The monoisotopic (exact) mass is 198 g/mol. The quantitative estimate of drug-likeness (QED) is 0.614. The van der Waals surface area contributed by atoms with E-state index in [2.05, 4.69) is 4.74 Å². The Kier molecular flexibility index (Phi) is 3.64. The lowest BCUT2D eigenvalue weighted by molar-refractivity contribution is -0.145. The third-order valence-electron chi connectivity index (χ3n) is 2.06. The van der Waals surface area contributed by atoms with Crippen molar-refractivity contribution in [2.45, 2.75) is 18.9 Å². The first-order valence-corrected chi connectivity index (χ1v) is 4.44. The number of allylic oxidation sites excluding steroid dienone is 1. The van der Waals surface area contributed by atoms with Gasteiger partial charge in [-0.05, 0) is 12.8 Å². The fourth-order valence-corrected chi connectivity index (χ4v) is 1.22. The first kappa shape index (κ1) is 10.7. The van der Waals surface area contributed by atoms with Crippen molar-refractivity contribution in [1.29, 1.82) is 0 Å². The van der Waals surface area contributed by atoms with Crippen LogP contribution in [0.4, 0.5) is 0 Å². The molecule has 5 heteroatoms. The van der Waals surface area contributed by atoms with Gasteiger partial charge in [-0.15, -0.1) is 0 Å². The van der Waals surface area contributed by atoms with Crippen LogP contribution in [0.2, 0.25) is 0 Å². The number of methoxy groups -OCH3 is 1. The Morgan fingerprint density at radius 3 is 3.14 bits per heavy atom. The van der Waals surface area contributed by atoms with Gasteiger partial charge in [0.25, 0.3) is 0 Å². The maximum Gasteiger partial charge on any atom is 0.325 e. The summed E-state index contributed by atoms with van der Waals surface area (Å²) in [6.45, 7) is -0.0699. The van der Waals surface area contributed by atoms with Crippen LogP contribution < -0.4 is 5.73 Å². The van der Waals surface area contributed by atoms with Crippen LogP contribution in [0.25, 0.3) is 0 Å². The number of ether oxygens (including phenoxy) is 1. The average Bonchev–Trinajstić information content (AvgIpc) is 2.33. The van der Waals surface area contributed by atoms with Crippen molar-refractivity contribution in [3.8, 4) is 0 Å². The van der Waals surface area contributed by atoms with Crippen LogP contribution in [0, 0.1) is 0 Å². The summed E-state index contributed by atoms with van der Waals surface area (Å²) in [6, 6.07) is -0.519. The highest BCUT2D eigenvalue weighted by molar-refractivity contribution is 5.86. The minimum absolute atomic E-state index is 0.0699. The van der Waals surface area contributed by atoms with E-state index in [-0.39, 0.29) is 12.5 Å². The second-order valence-corrected chi connectivity index (χ2v) is 3.11. The van der Waals surface area contributed by atoms with Gasteiger partial charge in [0, 0.05) is 6.20 Å². The minimum atomic E-state index is -0.519. The van der Waals surface area contributed by atoms with E-state index in [0.29, 0.717) is 6.42 Å². The molecule has 0 saturated carbocycles. The van der Waals surface area contributed by atoms with Crippen LogP contribution in [0.3, 0.4) is 0 Å². The van der Waals surface area contributed by atoms with Gasteiger partial charge in [-0.2, -0.15) is 0 Å². The first-order valence-electron chi connectivity index (χ1n) is 4.44. The Balaban J connectivity index is 2.64. The van der Waals surface area contributed by atoms with Gasteiger partial charge in [0.05, 0.1) is 13.2 Å². The Hall–Kier alpha value is -1.36. The summed E-state index contributed by atoms with van der Waals surface area (Å²) >= 11 is 0. The van der Waals surface area contributed by atoms with E-state index in [0.717, 1.165) is 6.42 Å². The molecular weight excluding hydrogens is 184 g/mol. The number of carbonyl (C=O) groups is 2. The second kappa shape index (κ2) is 4.76. The molecule has 1 aliphatic heterocycles. The zero-order chi connectivity index (χ0) is 10.6. The number of hydrogen-bond donors (Lipinski definition) is 1. The van der Waals surface area contributed by atoms with Crippen molar-refractivity contribution in [2.75, 3.05) is 13.7 Å². The fourth-order valence-electron chi connectivity index (χ4n) is 1.22. The van der Waals surface area contributed by atoms with E-state index >= 15 is 0 Å². The maximum absolute atomic E-state index is 11.5. The van der Waals surface area contributed by atoms with E-state index in [1.807, 2.05) is 6.08 Å². The number of nitrogens with two attached hydrogens (primary N) is 1. The van der Waals surface area contributed by atoms with Gasteiger partial charge in [0.2, 0.25) is 5.91 Å². The third kappa shape index (κ3) is 2.56. The van der Waals surface area contributed by atoms with Crippen molar-refractivity contribution < 1.29 is 14.3 Å².